The summed E-state index contributed by atoms with van der Waals surface area (Å²) >= 11 is 0. The van der Waals surface area contributed by atoms with Crippen molar-refractivity contribution in [3.63, 3.8) is 0 Å². The van der Waals surface area contributed by atoms with Gasteiger partial charge in [-0.2, -0.15) is 0 Å². The molecule has 4 nitrogen and oxygen atoms in total. The van der Waals surface area contributed by atoms with E-state index in [-0.39, 0.29) is 24.6 Å². The van der Waals surface area contributed by atoms with Crippen LogP contribution in [0, 0.1) is 6.92 Å². The Balaban J connectivity index is 2.63. The topological polar surface area (TPSA) is 60.4 Å². The molecule has 0 unspecified atom stereocenters. The standard InChI is InChI=1S/C12H16O4S/c1-10-5-7-11(8-6-10)17(14,15)9-3-4-12(13)16-2/h5-8H,3-4,9H2,1-2H3. The van der Waals surface area contributed by atoms with Crippen molar-refractivity contribution in [1.82, 2.24) is 0 Å². The van der Waals surface area contributed by atoms with Crippen LogP contribution in [0.3, 0.4) is 0 Å². The molecular formula is C12H16O4S. The molecule has 0 radical (unpaired) electrons. The van der Waals surface area contributed by atoms with Crippen LogP contribution in [0.1, 0.15) is 18.4 Å². The van der Waals surface area contributed by atoms with E-state index in [1.165, 1.54) is 7.11 Å². The molecule has 17 heavy (non-hydrogen) atoms. The Morgan fingerprint density at radius 3 is 2.35 bits per heavy atom. The number of ether oxygens (including phenoxy) is 1. The molecule has 0 aliphatic heterocycles. The number of carbonyl (C=O) groups excluding carboxylic acids is 1. The predicted molar refractivity (Wildman–Crippen MR) is 64.5 cm³/mol. The zero-order valence-corrected chi connectivity index (χ0v) is 10.8. The fourth-order valence-electron chi connectivity index (χ4n) is 1.37. The first-order valence-corrected chi connectivity index (χ1v) is 6.97. The molecule has 1 aromatic carbocycles. The number of methoxy groups -OCH3 is 1. The second-order valence-corrected chi connectivity index (χ2v) is 5.92. The third kappa shape index (κ3) is 4.19. The van der Waals surface area contributed by atoms with Crippen LogP contribution in [0.5, 0.6) is 0 Å². The van der Waals surface area contributed by atoms with E-state index >= 15 is 0 Å². The van der Waals surface area contributed by atoms with Gasteiger partial charge in [-0.1, -0.05) is 17.7 Å². The lowest BCUT2D eigenvalue weighted by Crippen LogP contribution is -2.09. The van der Waals surface area contributed by atoms with E-state index in [1.54, 1.807) is 24.3 Å². The molecule has 1 aromatic rings. The fourth-order valence-corrected chi connectivity index (χ4v) is 2.68. The van der Waals surface area contributed by atoms with Crippen molar-refractivity contribution in [3.8, 4) is 0 Å². The lowest BCUT2D eigenvalue weighted by Gasteiger charge is -2.04. The summed E-state index contributed by atoms with van der Waals surface area (Å²) in [5.74, 6) is -0.422. The molecule has 0 heterocycles. The van der Waals surface area contributed by atoms with Gasteiger partial charge < -0.3 is 4.74 Å². The Morgan fingerprint density at radius 1 is 1.24 bits per heavy atom. The number of carbonyl (C=O) groups is 1. The summed E-state index contributed by atoms with van der Waals surface area (Å²) < 4.78 is 28.2. The Hall–Kier alpha value is -1.36. The molecule has 1 rings (SSSR count). The van der Waals surface area contributed by atoms with Crippen molar-refractivity contribution in [3.05, 3.63) is 29.8 Å². The van der Waals surface area contributed by atoms with Gasteiger partial charge in [0.05, 0.1) is 17.8 Å². The van der Waals surface area contributed by atoms with E-state index in [2.05, 4.69) is 4.74 Å². The van der Waals surface area contributed by atoms with Crippen LogP contribution in [0.25, 0.3) is 0 Å². The number of sulfone groups is 1. The third-order valence-corrected chi connectivity index (χ3v) is 4.22. The number of benzene rings is 1. The highest BCUT2D eigenvalue weighted by atomic mass is 32.2. The summed E-state index contributed by atoms with van der Waals surface area (Å²) in [6.45, 7) is 1.90. The number of hydrogen-bond acceptors (Lipinski definition) is 4. The minimum absolute atomic E-state index is 0.0365. The summed E-state index contributed by atoms with van der Waals surface area (Å²) in [5, 5.41) is 0. The monoisotopic (exact) mass is 256 g/mol. The van der Waals surface area contributed by atoms with Gasteiger partial charge in [-0.3, -0.25) is 4.79 Å². The second kappa shape index (κ2) is 5.82. The van der Waals surface area contributed by atoms with Crippen LogP contribution in [0.15, 0.2) is 29.2 Å². The van der Waals surface area contributed by atoms with Crippen LogP contribution < -0.4 is 0 Å². The molecular weight excluding hydrogens is 240 g/mol. The zero-order valence-electron chi connectivity index (χ0n) is 9.97. The fraction of sp³-hybridized carbons (Fsp3) is 0.417. The summed E-state index contributed by atoms with van der Waals surface area (Å²) in [6.07, 6.45) is 0.407. The highest BCUT2D eigenvalue weighted by Crippen LogP contribution is 2.13. The van der Waals surface area contributed by atoms with Crippen LogP contribution in [-0.2, 0) is 19.4 Å². The lowest BCUT2D eigenvalue weighted by molar-refractivity contribution is -0.140. The molecule has 0 saturated carbocycles. The molecule has 0 aromatic heterocycles. The Bertz CT molecular complexity index is 474. The molecule has 0 aliphatic carbocycles. The van der Waals surface area contributed by atoms with Crippen molar-refractivity contribution >= 4 is 15.8 Å². The Morgan fingerprint density at radius 2 is 1.82 bits per heavy atom. The van der Waals surface area contributed by atoms with Crippen LogP contribution in [-0.4, -0.2) is 27.2 Å². The smallest absolute Gasteiger partial charge is 0.305 e. The van der Waals surface area contributed by atoms with E-state index in [0.717, 1.165) is 5.56 Å². The van der Waals surface area contributed by atoms with E-state index in [9.17, 15) is 13.2 Å². The molecule has 0 N–H and O–H groups in total. The maximum atomic E-state index is 11.9. The number of aryl methyl sites for hydroxylation is 1. The van der Waals surface area contributed by atoms with E-state index < -0.39 is 9.84 Å². The van der Waals surface area contributed by atoms with Gasteiger partial charge >= 0.3 is 5.97 Å². The molecule has 0 aliphatic rings. The molecule has 0 atom stereocenters. The predicted octanol–water partition coefficient (Wildman–Crippen LogP) is 1.72. The van der Waals surface area contributed by atoms with Gasteiger partial charge in [0.1, 0.15) is 0 Å². The molecule has 94 valence electrons. The average molecular weight is 256 g/mol. The minimum atomic E-state index is -3.29. The van der Waals surface area contributed by atoms with Gasteiger partial charge in [0.15, 0.2) is 9.84 Å². The first-order valence-electron chi connectivity index (χ1n) is 5.32. The maximum absolute atomic E-state index is 11.9. The average Bonchev–Trinajstić information content (AvgIpc) is 2.29. The summed E-state index contributed by atoms with van der Waals surface area (Å²) in [5.41, 5.74) is 1.01. The van der Waals surface area contributed by atoms with Gasteiger partial charge in [-0.05, 0) is 25.5 Å². The SMILES string of the molecule is COC(=O)CCCS(=O)(=O)c1ccc(C)cc1. The van der Waals surface area contributed by atoms with Gasteiger partial charge in [0.25, 0.3) is 0 Å². The van der Waals surface area contributed by atoms with Crippen LogP contribution in [0.4, 0.5) is 0 Å². The lowest BCUT2D eigenvalue weighted by atomic mass is 10.2. The van der Waals surface area contributed by atoms with Crippen LogP contribution >= 0.6 is 0 Å². The molecule has 0 amide bonds. The molecule has 0 spiro atoms. The van der Waals surface area contributed by atoms with E-state index in [0.29, 0.717) is 4.90 Å². The second-order valence-electron chi connectivity index (χ2n) is 3.81. The molecule has 0 saturated heterocycles. The summed E-state index contributed by atoms with van der Waals surface area (Å²) in [7, 11) is -2.00. The maximum Gasteiger partial charge on any atom is 0.305 e. The van der Waals surface area contributed by atoms with Gasteiger partial charge in [-0.15, -0.1) is 0 Å². The van der Waals surface area contributed by atoms with Gasteiger partial charge in [0.2, 0.25) is 0 Å². The largest absolute Gasteiger partial charge is 0.469 e. The van der Waals surface area contributed by atoms with Crippen molar-refractivity contribution in [2.75, 3.05) is 12.9 Å². The highest BCUT2D eigenvalue weighted by molar-refractivity contribution is 7.91. The number of rotatable bonds is 5. The zero-order chi connectivity index (χ0) is 12.9. The van der Waals surface area contributed by atoms with E-state index in [1.807, 2.05) is 6.92 Å². The van der Waals surface area contributed by atoms with Crippen molar-refractivity contribution in [2.24, 2.45) is 0 Å². The first-order chi connectivity index (χ1) is 7.95. The summed E-state index contributed by atoms with van der Waals surface area (Å²) in [4.78, 5) is 11.2. The van der Waals surface area contributed by atoms with Crippen molar-refractivity contribution < 1.29 is 17.9 Å². The Labute approximate surface area is 102 Å². The first kappa shape index (κ1) is 13.7. The molecule has 5 heteroatoms. The normalized spacial score (nSPS) is 11.2. The number of hydrogen-bond donors (Lipinski definition) is 0. The molecule has 0 fully saturated rings. The van der Waals surface area contributed by atoms with Gasteiger partial charge in [0, 0.05) is 6.42 Å². The van der Waals surface area contributed by atoms with E-state index in [4.69, 9.17) is 0 Å². The molecule has 0 bridgehead atoms. The van der Waals surface area contributed by atoms with Gasteiger partial charge in [-0.25, -0.2) is 8.42 Å². The minimum Gasteiger partial charge on any atom is -0.469 e. The van der Waals surface area contributed by atoms with Crippen molar-refractivity contribution in [2.45, 2.75) is 24.7 Å². The van der Waals surface area contributed by atoms with Crippen molar-refractivity contribution in [1.29, 1.82) is 0 Å². The van der Waals surface area contributed by atoms with Crippen LogP contribution in [0.2, 0.25) is 0 Å². The quantitative estimate of drug-likeness (QED) is 0.753. The summed E-state index contributed by atoms with van der Waals surface area (Å²) in [6, 6.07) is 6.69. The third-order valence-electron chi connectivity index (χ3n) is 2.40. The highest BCUT2D eigenvalue weighted by Gasteiger charge is 2.14. The number of esters is 1. The Kier molecular flexibility index (Phi) is 4.69.